The van der Waals surface area contributed by atoms with Gasteiger partial charge in [-0.1, -0.05) is 153 Å². The van der Waals surface area contributed by atoms with Gasteiger partial charge in [0.15, 0.2) is 0 Å². The van der Waals surface area contributed by atoms with Crippen LogP contribution >= 0.6 is 0 Å². The number of aryl methyl sites for hydroxylation is 3. The number of fused-ring (bicyclic) bond motifs is 2. The van der Waals surface area contributed by atoms with Gasteiger partial charge < -0.3 is 19.7 Å². The average Bonchev–Trinajstić information content (AvgIpc) is 3.12. The van der Waals surface area contributed by atoms with E-state index >= 15 is 0 Å². The minimum atomic E-state index is -0.0562. The van der Waals surface area contributed by atoms with E-state index in [9.17, 15) is 10.2 Å². The first kappa shape index (κ1) is 51.8. The predicted octanol–water partition coefficient (Wildman–Crippen LogP) is 16.8. The molecule has 0 aromatic heterocycles. The van der Waals surface area contributed by atoms with Gasteiger partial charge in [-0.3, -0.25) is 0 Å². The van der Waals surface area contributed by atoms with Crippen LogP contribution in [0.2, 0.25) is 0 Å². The molecular weight excluding hydrogens is 713 g/mol. The Morgan fingerprint density at radius 1 is 0.517 bits per heavy atom. The van der Waals surface area contributed by atoms with Crippen LogP contribution in [-0.2, 0) is 12.8 Å². The van der Waals surface area contributed by atoms with E-state index in [0.29, 0.717) is 11.5 Å². The Hall–Kier alpha value is -2.36. The minimum Gasteiger partial charge on any atom is -0.508 e. The smallest absolute Gasteiger partial charge is 0.126 e. The third-order valence-corrected chi connectivity index (χ3v) is 13.5. The van der Waals surface area contributed by atoms with Gasteiger partial charge in [-0.05, 0) is 155 Å². The molecule has 4 nitrogen and oxygen atoms in total. The summed E-state index contributed by atoms with van der Waals surface area (Å²) in [5.41, 5.74) is 3.26. The van der Waals surface area contributed by atoms with E-state index in [1.807, 2.05) is 31.2 Å². The summed E-state index contributed by atoms with van der Waals surface area (Å²) in [6.45, 7) is 25.6. The normalized spacial score (nSPS) is 20.7. The fourth-order valence-corrected chi connectivity index (χ4v) is 9.39. The van der Waals surface area contributed by atoms with E-state index in [1.165, 1.54) is 103 Å². The molecule has 6 unspecified atom stereocenters. The summed E-state index contributed by atoms with van der Waals surface area (Å²) < 4.78 is 12.8. The number of ether oxygens (including phenoxy) is 2. The zero-order chi connectivity index (χ0) is 42.0. The third-order valence-electron chi connectivity index (χ3n) is 13.5. The van der Waals surface area contributed by atoms with Crippen molar-refractivity contribution in [2.45, 2.75) is 236 Å². The zero-order valence-corrected chi connectivity index (χ0v) is 39.1. The number of aromatic hydroxyl groups is 2. The molecule has 2 heterocycles. The van der Waals surface area contributed by atoms with Crippen molar-refractivity contribution in [1.29, 1.82) is 0 Å². The maximum Gasteiger partial charge on any atom is 0.126 e. The Bertz CT molecular complexity index is 1410. The van der Waals surface area contributed by atoms with Crippen LogP contribution in [0.4, 0.5) is 0 Å². The van der Waals surface area contributed by atoms with Gasteiger partial charge in [-0.2, -0.15) is 0 Å². The Labute approximate surface area is 360 Å². The lowest BCUT2D eigenvalue weighted by Gasteiger charge is -2.37. The highest BCUT2D eigenvalue weighted by molar-refractivity contribution is 5.47. The molecule has 0 aliphatic carbocycles. The molecule has 2 aliphatic heterocycles. The molecule has 0 saturated carbocycles. The summed E-state index contributed by atoms with van der Waals surface area (Å²) >= 11 is 0. The number of benzene rings is 2. The van der Waals surface area contributed by atoms with Crippen molar-refractivity contribution in [3.05, 3.63) is 47.0 Å². The van der Waals surface area contributed by atoms with Crippen molar-refractivity contribution >= 4 is 0 Å². The van der Waals surface area contributed by atoms with Crippen LogP contribution in [0.5, 0.6) is 23.0 Å². The van der Waals surface area contributed by atoms with Gasteiger partial charge in [0.05, 0.1) is 0 Å². The van der Waals surface area contributed by atoms with E-state index in [-0.39, 0.29) is 18.6 Å². The Kier molecular flexibility index (Phi) is 23.3. The van der Waals surface area contributed by atoms with Crippen LogP contribution in [0.15, 0.2) is 30.3 Å². The molecule has 0 saturated heterocycles. The standard InChI is InChI=1S/C27H46O2.C26H44O2.CH4/c1-20(2)10-7-11-21(3)12-8-13-22(4)14-9-16-27(6)17-15-24-19-25(28)18-23(5)26(24)29-27;1-20(2)9-6-10-21(3)11-7-12-22(4)13-8-17-26(5)18-16-23-19-24(27)14-15-25(23)28-26;/h18-22,28H,7-17H2,1-6H3;14-15,19-22,27H,6-13,16-18H2,1-5H3;1H4. The van der Waals surface area contributed by atoms with Crippen molar-refractivity contribution in [2.24, 2.45) is 35.5 Å². The quantitative estimate of drug-likeness (QED) is 0.111. The van der Waals surface area contributed by atoms with E-state index in [1.54, 1.807) is 6.07 Å². The summed E-state index contributed by atoms with van der Waals surface area (Å²) in [5.74, 6) is 7.78. The predicted molar refractivity (Wildman–Crippen MR) is 252 cm³/mol. The lowest BCUT2D eigenvalue weighted by Crippen LogP contribution is -2.36. The van der Waals surface area contributed by atoms with Crippen LogP contribution < -0.4 is 9.47 Å². The third kappa shape index (κ3) is 19.8. The van der Waals surface area contributed by atoms with E-state index in [0.717, 1.165) is 102 Å². The highest BCUT2D eigenvalue weighted by atomic mass is 16.5. The van der Waals surface area contributed by atoms with Gasteiger partial charge in [0, 0.05) is 0 Å². The van der Waals surface area contributed by atoms with Crippen molar-refractivity contribution in [1.82, 2.24) is 0 Å². The molecule has 0 fully saturated rings. The lowest BCUT2D eigenvalue weighted by atomic mass is 9.85. The number of phenolic OH excluding ortho intramolecular Hbond substituents is 2. The molecule has 0 radical (unpaired) electrons. The molecule has 2 aromatic rings. The molecule has 334 valence electrons. The van der Waals surface area contributed by atoms with Gasteiger partial charge in [0.25, 0.3) is 0 Å². The maximum absolute atomic E-state index is 9.82. The van der Waals surface area contributed by atoms with Gasteiger partial charge in [0.1, 0.15) is 34.2 Å². The molecule has 2 aromatic carbocycles. The summed E-state index contributed by atoms with van der Waals surface area (Å²) in [7, 11) is 0. The van der Waals surface area contributed by atoms with Gasteiger partial charge in [-0.15, -0.1) is 0 Å². The molecular formula is C54H94O4. The molecule has 58 heavy (non-hydrogen) atoms. The van der Waals surface area contributed by atoms with Crippen LogP contribution in [0, 0.1) is 42.4 Å². The molecule has 0 spiro atoms. The molecule has 4 heteroatoms. The molecule has 6 atom stereocenters. The monoisotopic (exact) mass is 807 g/mol. The first-order valence-corrected chi connectivity index (χ1v) is 24.0. The van der Waals surface area contributed by atoms with E-state index in [2.05, 4.69) is 69.2 Å². The topological polar surface area (TPSA) is 58.9 Å². The van der Waals surface area contributed by atoms with Crippen molar-refractivity contribution in [2.75, 3.05) is 0 Å². The number of phenols is 2. The number of rotatable bonds is 24. The zero-order valence-electron chi connectivity index (χ0n) is 39.1. The fraction of sp³-hybridized carbons (Fsp3) is 0.778. The minimum absolute atomic E-state index is 0. The second-order valence-corrected chi connectivity index (χ2v) is 20.9. The summed E-state index contributed by atoms with van der Waals surface area (Å²) in [6.07, 6.45) is 28.1. The summed E-state index contributed by atoms with van der Waals surface area (Å²) in [4.78, 5) is 0. The van der Waals surface area contributed by atoms with Gasteiger partial charge in [-0.25, -0.2) is 0 Å². The van der Waals surface area contributed by atoms with Crippen LogP contribution in [-0.4, -0.2) is 21.4 Å². The highest BCUT2D eigenvalue weighted by Crippen LogP contribution is 2.41. The van der Waals surface area contributed by atoms with Gasteiger partial charge in [0.2, 0.25) is 0 Å². The van der Waals surface area contributed by atoms with Crippen molar-refractivity contribution in [3.8, 4) is 23.0 Å². The van der Waals surface area contributed by atoms with E-state index in [4.69, 9.17) is 9.47 Å². The van der Waals surface area contributed by atoms with E-state index < -0.39 is 0 Å². The first-order chi connectivity index (χ1) is 27.0. The second-order valence-electron chi connectivity index (χ2n) is 20.9. The highest BCUT2D eigenvalue weighted by Gasteiger charge is 2.33. The van der Waals surface area contributed by atoms with Crippen molar-refractivity contribution in [3.63, 3.8) is 0 Å². The number of hydrogen-bond acceptors (Lipinski definition) is 4. The summed E-state index contributed by atoms with van der Waals surface area (Å²) in [6, 6.07) is 9.19. The molecule has 2 aliphatic rings. The Balaban J connectivity index is 0.000000394. The lowest BCUT2D eigenvalue weighted by molar-refractivity contribution is 0.0514. The van der Waals surface area contributed by atoms with Gasteiger partial charge >= 0.3 is 0 Å². The maximum atomic E-state index is 9.82. The van der Waals surface area contributed by atoms with Crippen LogP contribution in [0.25, 0.3) is 0 Å². The second kappa shape index (κ2) is 26.1. The SMILES string of the molecule is C.CC(C)CCCC(C)CCCC(C)CCCC1(C)CCc2cc(O)ccc2O1.Cc1cc(O)cc2c1OC(C)(CCCC(C)CCCC(C)CCCC(C)C)CC2. The Morgan fingerprint density at radius 3 is 1.38 bits per heavy atom. The first-order valence-electron chi connectivity index (χ1n) is 24.0. The molecule has 0 bridgehead atoms. The Morgan fingerprint density at radius 2 is 0.914 bits per heavy atom. The van der Waals surface area contributed by atoms with Crippen molar-refractivity contribution < 1.29 is 19.7 Å². The number of hydrogen-bond donors (Lipinski definition) is 2. The molecule has 2 N–H and O–H groups in total. The summed E-state index contributed by atoms with van der Waals surface area (Å²) in [5, 5.41) is 19.5. The average molecular weight is 807 g/mol. The molecule has 0 amide bonds. The fourth-order valence-electron chi connectivity index (χ4n) is 9.39. The largest absolute Gasteiger partial charge is 0.508 e. The molecule has 4 rings (SSSR count). The van der Waals surface area contributed by atoms with Crippen LogP contribution in [0.1, 0.15) is 222 Å². The van der Waals surface area contributed by atoms with Crippen LogP contribution in [0.3, 0.4) is 0 Å².